The van der Waals surface area contributed by atoms with Crippen LogP contribution in [0.2, 0.25) is 0 Å². The maximum Gasteiger partial charge on any atom is 0.318 e. The standard InChI is InChI=1S/C20H22FN3O3/c21-16-8-6-15(7-9-16)18-13-24(11-10-19(25)23-20(22)26)12-17(27-18)14-4-2-1-3-5-14/h1-9,17-18H,10-13H2,(H3,22,23,25,26)/t17-,18+/m0/s1. The van der Waals surface area contributed by atoms with E-state index in [4.69, 9.17) is 10.5 Å². The van der Waals surface area contributed by atoms with Crippen LogP contribution < -0.4 is 11.1 Å². The number of carbonyl (C=O) groups is 2. The summed E-state index contributed by atoms with van der Waals surface area (Å²) < 4.78 is 19.5. The Balaban J connectivity index is 1.73. The van der Waals surface area contributed by atoms with Gasteiger partial charge in [-0.1, -0.05) is 42.5 Å². The Kier molecular flexibility index (Phi) is 6.16. The molecule has 1 heterocycles. The van der Waals surface area contributed by atoms with Gasteiger partial charge in [-0.2, -0.15) is 0 Å². The number of nitrogens with two attached hydrogens (primary N) is 1. The zero-order valence-electron chi connectivity index (χ0n) is 14.8. The first-order valence-corrected chi connectivity index (χ1v) is 8.79. The number of nitrogens with one attached hydrogen (secondary N) is 1. The number of hydrogen-bond donors (Lipinski definition) is 2. The van der Waals surface area contributed by atoms with E-state index in [1.54, 1.807) is 12.1 Å². The maximum atomic E-state index is 13.3. The van der Waals surface area contributed by atoms with Crippen molar-refractivity contribution in [1.82, 2.24) is 10.2 Å². The number of rotatable bonds is 5. The predicted octanol–water partition coefficient (Wildman–Crippen LogP) is 2.53. The minimum atomic E-state index is -0.853. The van der Waals surface area contributed by atoms with E-state index in [0.29, 0.717) is 19.6 Å². The number of urea groups is 1. The third-order valence-corrected chi connectivity index (χ3v) is 4.51. The van der Waals surface area contributed by atoms with Gasteiger partial charge < -0.3 is 10.5 Å². The number of halogens is 1. The Morgan fingerprint density at radius 2 is 1.63 bits per heavy atom. The number of benzene rings is 2. The van der Waals surface area contributed by atoms with Gasteiger partial charge in [-0.25, -0.2) is 9.18 Å². The van der Waals surface area contributed by atoms with E-state index in [-0.39, 0.29) is 24.4 Å². The molecule has 6 nitrogen and oxygen atoms in total. The second kappa shape index (κ2) is 8.75. The number of primary amides is 1. The zero-order chi connectivity index (χ0) is 19.2. The molecule has 7 heteroatoms. The molecular weight excluding hydrogens is 349 g/mol. The molecule has 1 fully saturated rings. The Labute approximate surface area is 157 Å². The van der Waals surface area contributed by atoms with Gasteiger partial charge in [0.05, 0.1) is 12.2 Å². The first kappa shape index (κ1) is 19.0. The number of ether oxygens (including phenoxy) is 1. The zero-order valence-corrected chi connectivity index (χ0v) is 14.8. The highest BCUT2D eigenvalue weighted by atomic mass is 19.1. The van der Waals surface area contributed by atoms with Crippen molar-refractivity contribution in [2.75, 3.05) is 19.6 Å². The molecule has 0 unspecified atom stereocenters. The number of carbonyl (C=O) groups excluding carboxylic acids is 2. The summed E-state index contributed by atoms with van der Waals surface area (Å²) in [6, 6.07) is 15.2. The molecule has 1 aliphatic heterocycles. The lowest BCUT2D eigenvalue weighted by Crippen LogP contribution is -2.43. The van der Waals surface area contributed by atoms with Crippen molar-refractivity contribution in [2.45, 2.75) is 18.6 Å². The highest BCUT2D eigenvalue weighted by Gasteiger charge is 2.30. The fraction of sp³-hybridized carbons (Fsp3) is 0.300. The first-order valence-electron chi connectivity index (χ1n) is 8.79. The van der Waals surface area contributed by atoms with Crippen LogP contribution in [0, 0.1) is 5.82 Å². The van der Waals surface area contributed by atoms with Gasteiger partial charge in [0.2, 0.25) is 5.91 Å². The summed E-state index contributed by atoms with van der Waals surface area (Å²) in [5.41, 5.74) is 6.89. The van der Waals surface area contributed by atoms with Gasteiger partial charge in [0.25, 0.3) is 0 Å². The van der Waals surface area contributed by atoms with E-state index < -0.39 is 11.9 Å². The van der Waals surface area contributed by atoms with Crippen LogP contribution >= 0.6 is 0 Å². The minimum Gasteiger partial charge on any atom is -0.363 e. The van der Waals surface area contributed by atoms with Gasteiger partial charge in [-0.15, -0.1) is 0 Å². The number of amides is 3. The van der Waals surface area contributed by atoms with E-state index in [2.05, 4.69) is 10.2 Å². The molecule has 0 bridgehead atoms. The topological polar surface area (TPSA) is 84.7 Å². The normalized spacial score (nSPS) is 20.2. The molecule has 1 saturated heterocycles. The van der Waals surface area contributed by atoms with E-state index >= 15 is 0 Å². The van der Waals surface area contributed by atoms with Crippen molar-refractivity contribution in [3.8, 4) is 0 Å². The number of nitrogens with zero attached hydrogens (tertiary/aromatic N) is 1. The van der Waals surface area contributed by atoms with Crippen LogP contribution in [0.3, 0.4) is 0 Å². The fourth-order valence-electron chi connectivity index (χ4n) is 3.18. The predicted molar refractivity (Wildman–Crippen MR) is 98.2 cm³/mol. The molecule has 0 saturated carbocycles. The van der Waals surface area contributed by atoms with Crippen molar-refractivity contribution in [3.63, 3.8) is 0 Å². The molecule has 27 heavy (non-hydrogen) atoms. The van der Waals surface area contributed by atoms with E-state index in [9.17, 15) is 14.0 Å². The quantitative estimate of drug-likeness (QED) is 0.846. The van der Waals surface area contributed by atoms with Crippen molar-refractivity contribution >= 4 is 11.9 Å². The van der Waals surface area contributed by atoms with Crippen LogP contribution in [-0.2, 0) is 9.53 Å². The van der Waals surface area contributed by atoms with Crippen LogP contribution in [0.1, 0.15) is 29.8 Å². The molecule has 3 N–H and O–H groups in total. The summed E-state index contributed by atoms with van der Waals surface area (Å²) in [4.78, 5) is 24.6. The lowest BCUT2D eigenvalue weighted by molar-refractivity contribution is -0.122. The van der Waals surface area contributed by atoms with Gasteiger partial charge in [-0.05, 0) is 23.3 Å². The molecule has 2 aromatic carbocycles. The smallest absolute Gasteiger partial charge is 0.318 e. The molecular formula is C20H22FN3O3. The average Bonchev–Trinajstić information content (AvgIpc) is 2.67. The minimum absolute atomic E-state index is 0.153. The van der Waals surface area contributed by atoms with E-state index in [0.717, 1.165) is 11.1 Å². The summed E-state index contributed by atoms with van der Waals surface area (Å²) in [5, 5.41) is 2.07. The average molecular weight is 371 g/mol. The van der Waals surface area contributed by atoms with Gasteiger partial charge in [-0.3, -0.25) is 15.0 Å². The van der Waals surface area contributed by atoms with Crippen LogP contribution in [0.25, 0.3) is 0 Å². The van der Waals surface area contributed by atoms with Crippen LogP contribution in [-0.4, -0.2) is 36.5 Å². The van der Waals surface area contributed by atoms with Crippen molar-refractivity contribution in [3.05, 3.63) is 71.5 Å². The van der Waals surface area contributed by atoms with Crippen molar-refractivity contribution < 1.29 is 18.7 Å². The molecule has 0 aromatic heterocycles. The van der Waals surface area contributed by atoms with Crippen molar-refractivity contribution in [1.29, 1.82) is 0 Å². The largest absolute Gasteiger partial charge is 0.363 e. The molecule has 142 valence electrons. The monoisotopic (exact) mass is 371 g/mol. The molecule has 0 aliphatic carbocycles. The SMILES string of the molecule is NC(=O)NC(=O)CCN1C[C@@H](c2ccccc2)O[C@@H](c2ccc(F)cc2)C1. The Bertz CT molecular complexity index is 783. The van der Waals surface area contributed by atoms with Gasteiger partial charge in [0.1, 0.15) is 5.82 Å². The van der Waals surface area contributed by atoms with E-state index in [1.165, 1.54) is 12.1 Å². The summed E-state index contributed by atoms with van der Waals surface area (Å²) in [6.45, 7) is 1.65. The first-order chi connectivity index (χ1) is 13.0. The maximum absolute atomic E-state index is 13.3. The molecule has 3 rings (SSSR count). The molecule has 0 radical (unpaired) electrons. The summed E-state index contributed by atoms with van der Waals surface area (Å²) in [5.74, 6) is -0.710. The number of imide groups is 1. The summed E-state index contributed by atoms with van der Waals surface area (Å²) in [7, 11) is 0. The Morgan fingerprint density at radius 3 is 2.22 bits per heavy atom. The lowest BCUT2D eigenvalue weighted by atomic mass is 10.0. The van der Waals surface area contributed by atoms with Crippen LogP contribution in [0.4, 0.5) is 9.18 Å². The van der Waals surface area contributed by atoms with Crippen molar-refractivity contribution in [2.24, 2.45) is 5.73 Å². The number of hydrogen-bond acceptors (Lipinski definition) is 4. The lowest BCUT2D eigenvalue weighted by Gasteiger charge is -2.38. The Hall–Kier alpha value is -2.77. The summed E-state index contributed by atoms with van der Waals surface area (Å²) >= 11 is 0. The second-order valence-electron chi connectivity index (χ2n) is 6.50. The molecule has 0 spiro atoms. The molecule has 2 atom stereocenters. The van der Waals surface area contributed by atoms with Gasteiger partial charge in [0.15, 0.2) is 0 Å². The third-order valence-electron chi connectivity index (χ3n) is 4.51. The van der Waals surface area contributed by atoms with Crippen LogP contribution in [0.15, 0.2) is 54.6 Å². The van der Waals surface area contributed by atoms with Crippen LogP contribution in [0.5, 0.6) is 0 Å². The highest BCUT2D eigenvalue weighted by molar-refractivity contribution is 5.93. The second-order valence-corrected chi connectivity index (χ2v) is 6.50. The van der Waals surface area contributed by atoms with Gasteiger partial charge >= 0.3 is 6.03 Å². The third kappa shape index (κ3) is 5.35. The number of morpholine rings is 1. The molecule has 1 aliphatic rings. The Morgan fingerprint density at radius 1 is 1.04 bits per heavy atom. The fourth-order valence-corrected chi connectivity index (χ4v) is 3.18. The molecule has 2 aromatic rings. The molecule has 3 amide bonds. The van der Waals surface area contributed by atoms with E-state index in [1.807, 2.05) is 30.3 Å². The van der Waals surface area contributed by atoms with Gasteiger partial charge in [0, 0.05) is 26.1 Å². The highest BCUT2D eigenvalue weighted by Crippen LogP contribution is 2.33. The summed E-state index contributed by atoms with van der Waals surface area (Å²) in [6.07, 6.45) is -0.265.